The fraction of sp³-hybridized carbons (Fsp3) is 0.846. The summed E-state index contributed by atoms with van der Waals surface area (Å²) in [5, 5.41) is 21.3. The highest BCUT2D eigenvalue weighted by Crippen LogP contribution is 2.06. The Kier molecular flexibility index (Phi) is 8.17. The molecule has 1 unspecified atom stereocenters. The van der Waals surface area contributed by atoms with Crippen LogP contribution in [0.4, 0.5) is 4.79 Å². The monoisotopic (exact) mass is 290 g/mol. The summed E-state index contributed by atoms with van der Waals surface area (Å²) in [6.45, 7) is 5.93. The number of amides is 2. The number of carboxylic acid groups (broad SMARTS) is 1. The van der Waals surface area contributed by atoms with E-state index in [0.29, 0.717) is 26.0 Å². The Bertz CT molecular complexity index is 314. The van der Waals surface area contributed by atoms with Crippen LogP contribution in [0.2, 0.25) is 0 Å². The van der Waals surface area contributed by atoms with E-state index in [-0.39, 0.29) is 6.54 Å². The average molecular weight is 290 g/mol. The molecule has 3 N–H and O–H groups in total. The van der Waals surface area contributed by atoms with Crippen molar-refractivity contribution in [2.45, 2.75) is 45.3 Å². The number of carbonyl (C=O) groups is 2. The number of hydrogen-bond donors (Lipinski definition) is 3. The number of urea groups is 1. The molecule has 0 bridgehead atoms. The zero-order chi connectivity index (χ0) is 15.8. The van der Waals surface area contributed by atoms with Crippen molar-refractivity contribution in [2.75, 3.05) is 26.8 Å². The van der Waals surface area contributed by atoms with Gasteiger partial charge in [-0.25, -0.2) is 9.59 Å². The molecule has 0 heterocycles. The summed E-state index contributed by atoms with van der Waals surface area (Å²) in [6.07, 6.45) is 0.848. The molecular weight excluding hydrogens is 264 g/mol. The first-order chi connectivity index (χ1) is 9.21. The number of aliphatic carboxylic acids is 1. The number of carbonyl (C=O) groups excluding carboxylic acids is 1. The van der Waals surface area contributed by atoms with E-state index in [1.54, 1.807) is 20.8 Å². The lowest BCUT2D eigenvalue weighted by molar-refractivity contribution is -0.139. The van der Waals surface area contributed by atoms with E-state index in [0.717, 1.165) is 0 Å². The van der Waals surface area contributed by atoms with Crippen LogP contribution >= 0.6 is 0 Å². The molecule has 0 aliphatic carbocycles. The highest BCUT2D eigenvalue weighted by Gasteiger charge is 2.25. The molecule has 0 aromatic carbocycles. The molecule has 0 aromatic rings. The van der Waals surface area contributed by atoms with Crippen molar-refractivity contribution in [3.63, 3.8) is 0 Å². The molecule has 0 rings (SSSR count). The second-order valence-electron chi connectivity index (χ2n) is 5.30. The van der Waals surface area contributed by atoms with Crippen LogP contribution in [-0.4, -0.2) is 65.6 Å². The molecule has 0 aliphatic heterocycles. The largest absolute Gasteiger partial charge is 0.480 e. The zero-order valence-electron chi connectivity index (χ0n) is 12.7. The van der Waals surface area contributed by atoms with E-state index in [9.17, 15) is 14.7 Å². The van der Waals surface area contributed by atoms with E-state index in [2.05, 4.69) is 5.32 Å². The minimum absolute atomic E-state index is 0.139. The molecule has 0 saturated heterocycles. The van der Waals surface area contributed by atoms with E-state index < -0.39 is 23.6 Å². The average Bonchev–Trinajstić information content (AvgIpc) is 2.33. The summed E-state index contributed by atoms with van der Waals surface area (Å²) in [4.78, 5) is 24.5. The van der Waals surface area contributed by atoms with Crippen molar-refractivity contribution in [1.29, 1.82) is 0 Å². The van der Waals surface area contributed by atoms with Gasteiger partial charge in [0, 0.05) is 20.3 Å². The second kappa shape index (κ2) is 8.76. The Morgan fingerprint density at radius 2 is 2.00 bits per heavy atom. The van der Waals surface area contributed by atoms with E-state index in [1.165, 1.54) is 12.0 Å². The number of methoxy groups -OCH3 is 1. The summed E-state index contributed by atoms with van der Waals surface area (Å²) >= 11 is 0. The number of rotatable bonds is 9. The van der Waals surface area contributed by atoms with Gasteiger partial charge in [-0.2, -0.15) is 0 Å². The van der Waals surface area contributed by atoms with Crippen molar-refractivity contribution in [2.24, 2.45) is 0 Å². The van der Waals surface area contributed by atoms with Crippen LogP contribution in [-0.2, 0) is 9.53 Å². The number of nitrogens with zero attached hydrogens (tertiary/aromatic N) is 1. The van der Waals surface area contributed by atoms with Gasteiger partial charge in [-0.1, -0.05) is 0 Å². The minimum Gasteiger partial charge on any atom is -0.480 e. The molecule has 0 aromatic heterocycles. The first kappa shape index (κ1) is 18.7. The van der Waals surface area contributed by atoms with Crippen molar-refractivity contribution in [3.05, 3.63) is 0 Å². The lowest BCUT2D eigenvalue weighted by Crippen LogP contribution is -2.51. The summed E-state index contributed by atoms with van der Waals surface area (Å²) in [6, 6.07) is -1.44. The maximum absolute atomic E-state index is 12.0. The van der Waals surface area contributed by atoms with E-state index in [1.807, 2.05) is 0 Å². The molecular formula is C13H26N2O5. The van der Waals surface area contributed by atoms with Crippen LogP contribution in [0.1, 0.15) is 33.6 Å². The predicted molar refractivity (Wildman–Crippen MR) is 74.6 cm³/mol. The van der Waals surface area contributed by atoms with E-state index in [4.69, 9.17) is 9.84 Å². The van der Waals surface area contributed by atoms with Crippen LogP contribution in [0.15, 0.2) is 0 Å². The molecule has 118 valence electrons. The number of hydrogen-bond acceptors (Lipinski definition) is 4. The lowest BCUT2D eigenvalue weighted by Gasteiger charge is -2.29. The number of carboxylic acids is 1. The summed E-state index contributed by atoms with van der Waals surface area (Å²) < 4.78 is 4.86. The molecule has 1 atom stereocenters. The van der Waals surface area contributed by atoms with Gasteiger partial charge in [0.2, 0.25) is 0 Å². The first-order valence-electron chi connectivity index (χ1n) is 6.70. The molecule has 7 nitrogen and oxygen atoms in total. The molecule has 2 amide bonds. The summed E-state index contributed by atoms with van der Waals surface area (Å²) in [5.41, 5.74) is -1.03. The maximum Gasteiger partial charge on any atom is 0.326 e. The summed E-state index contributed by atoms with van der Waals surface area (Å²) in [7, 11) is 1.54. The highest BCUT2D eigenvalue weighted by molar-refractivity contribution is 5.82. The van der Waals surface area contributed by atoms with Gasteiger partial charge in [-0.3, -0.25) is 0 Å². The Morgan fingerprint density at radius 1 is 1.40 bits per heavy atom. The Hall–Kier alpha value is -1.34. The molecule has 0 radical (unpaired) electrons. The van der Waals surface area contributed by atoms with Gasteiger partial charge in [-0.05, 0) is 33.6 Å². The highest BCUT2D eigenvalue weighted by atomic mass is 16.5. The predicted octanol–water partition coefficient (Wildman–Crippen LogP) is 0.669. The molecule has 0 fully saturated rings. The van der Waals surface area contributed by atoms with Gasteiger partial charge in [-0.15, -0.1) is 0 Å². The third kappa shape index (κ3) is 7.96. The van der Waals surface area contributed by atoms with Crippen LogP contribution in [0.25, 0.3) is 0 Å². The standard InChI is InChI=1S/C13H26N2O5/c1-5-15(9-13(2,3)19)12(18)14-10(11(16)17)7-6-8-20-4/h10,19H,5-9H2,1-4H3,(H,14,18)(H,16,17). The van der Waals surface area contributed by atoms with Crippen LogP contribution in [0.3, 0.4) is 0 Å². The van der Waals surface area contributed by atoms with Gasteiger partial charge < -0.3 is 25.2 Å². The van der Waals surface area contributed by atoms with Gasteiger partial charge >= 0.3 is 12.0 Å². The normalized spacial score (nSPS) is 12.8. The second-order valence-corrected chi connectivity index (χ2v) is 5.30. The Morgan fingerprint density at radius 3 is 2.40 bits per heavy atom. The molecule has 0 aliphatic rings. The number of likely N-dealkylation sites (N-methyl/N-ethyl adjacent to an activating group) is 1. The molecule has 0 saturated carbocycles. The number of ether oxygens (including phenoxy) is 1. The van der Waals surface area contributed by atoms with Crippen molar-refractivity contribution < 1.29 is 24.5 Å². The summed E-state index contributed by atoms with van der Waals surface area (Å²) in [5.74, 6) is -1.08. The van der Waals surface area contributed by atoms with Gasteiger partial charge in [0.1, 0.15) is 6.04 Å². The first-order valence-corrected chi connectivity index (χ1v) is 6.70. The van der Waals surface area contributed by atoms with Gasteiger partial charge in [0.15, 0.2) is 0 Å². The van der Waals surface area contributed by atoms with Crippen molar-refractivity contribution in [3.8, 4) is 0 Å². The quantitative estimate of drug-likeness (QED) is 0.542. The Labute approximate surface area is 119 Å². The van der Waals surface area contributed by atoms with Crippen molar-refractivity contribution in [1.82, 2.24) is 10.2 Å². The fourth-order valence-electron chi connectivity index (χ4n) is 1.72. The van der Waals surface area contributed by atoms with Crippen LogP contribution < -0.4 is 5.32 Å². The van der Waals surface area contributed by atoms with Crippen LogP contribution in [0, 0.1) is 0 Å². The smallest absolute Gasteiger partial charge is 0.326 e. The minimum atomic E-state index is -1.08. The molecule has 0 spiro atoms. The van der Waals surface area contributed by atoms with Gasteiger partial charge in [0.05, 0.1) is 12.1 Å². The SMILES string of the molecule is CCN(CC(C)(C)O)C(=O)NC(CCCOC)C(=O)O. The number of nitrogens with one attached hydrogen (secondary N) is 1. The molecule has 20 heavy (non-hydrogen) atoms. The fourth-order valence-corrected chi connectivity index (χ4v) is 1.72. The molecule has 7 heteroatoms. The van der Waals surface area contributed by atoms with Gasteiger partial charge in [0.25, 0.3) is 0 Å². The third-order valence-electron chi connectivity index (χ3n) is 2.68. The third-order valence-corrected chi connectivity index (χ3v) is 2.68. The van der Waals surface area contributed by atoms with E-state index >= 15 is 0 Å². The van der Waals surface area contributed by atoms with Crippen LogP contribution in [0.5, 0.6) is 0 Å². The Balaban J connectivity index is 4.52. The van der Waals surface area contributed by atoms with Crippen molar-refractivity contribution >= 4 is 12.0 Å². The lowest BCUT2D eigenvalue weighted by atomic mass is 10.1. The zero-order valence-corrected chi connectivity index (χ0v) is 12.7. The maximum atomic E-state index is 12.0. The topological polar surface area (TPSA) is 99.1 Å². The number of aliphatic hydroxyl groups is 1.